The van der Waals surface area contributed by atoms with E-state index in [1.807, 2.05) is 13.8 Å². The van der Waals surface area contributed by atoms with Crippen molar-refractivity contribution in [1.29, 1.82) is 0 Å². The van der Waals surface area contributed by atoms with Crippen LogP contribution in [0.2, 0.25) is 0 Å². The molecule has 2 amide bonds. The smallest absolute Gasteiger partial charge is 0.246 e. The molecule has 5 nitrogen and oxygen atoms in total. The van der Waals surface area contributed by atoms with Gasteiger partial charge in [0.25, 0.3) is 0 Å². The van der Waals surface area contributed by atoms with Crippen LogP contribution in [-0.2, 0) is 9.59 Å². The predicted octanol–water partition coefficient (Wildman–Crippen LogP) is -0.451. The second-order valence-corrected chi connectivity index (χ2v) is 3.79. The van der Waals surface area contributed by atoms with Crippen molar-refractivity contribution in [3.8, 4) is 0 Å². The molecule has 0 radical (unpaired) electrons. The lowest BCUT2D eigenvalue weighted by Crippen LogP contribution is -2.38. The Kier molecular flexibility index (Phi) is 4.98. The minimum absolute atomic E-state index is 0.0292. The van der Waals surface area contributed by atoms with Crippen LogP contribution in [0, 0.1) is 0 Å². The predicted molar refractivity (Wildman–Crippen MR) is 61.9 cm³/mol. The van der Waals surface area contributed by atoms with Gasteiger partial charge in [0.1, 0.15) is 0 Å². The number of carbonyl (C=O) groups is 2. The van der Waals surface area contributed by atoms with Crippen molar-refractivity contribution in [2.45, 2.75) is 20.3 Å². The van der Waals surface area contributed by atoms with Gasteiger partial charge in [-0.05, 0) is 19.4 Å². The van der Waals surface area contributed by atoms with Gasteiger partial charge in [0.15, 0.2) is 0 Å². The molecular weight excluding hydrogens is 206 g/mol. The molecule has 0 aromatic carbocycles. The van der Waals surface area contributed by atoms with Crippen molar-refractivity contribution in [3.63, 3.8) is 0 Å². The average molecular weight is 225 g/mol. The van der Waals surface area contributed by atoms with Gasteiger partial charge in [0.05, 0.1) is 0 Å². The Labute approximate surface area is 95.7 Å². The van der Waals surface area contributed by atoms with Crippen molar-refractivity contribution in [1.82, 2.24) is 16.0 Å². The molecule has 1 heterocycles. The summed E-state index contributed by atoms with van der Waals surface area (Å²) in [4.78, 5) is 22.7. The molecule has 5 heteroatoms. The quantitative estimate of drug-likeness (QED) is 0.555. The van der Waals surface area contributed by atoms with E-state index in [4.69, 9.17) is 0 Å². The van der Waals surface area contributed by atoms with Crippen LogP contribution in [0.1, 0.15) is 20.3 Å². The van der Waals surface area contributed by atoms with E-state index in [-0.39, 0.29) is 11.8 Å². The molecule has 0 aromatic rings. The van der Waals surface area contributed by atoms with Gasteiger partial charge in [-0.1, -0.05) is 0 Å². The van der Waals surface area contributed by atoms with E-state index in [1.165, 1.54) is 0 Å². The topological polar surface area (TPSA) is 70.2 Å². The average Bonchev–Trinajstić information content (AvgIpc) is 2.15. The highest BCUT2D eigenvalue weighted by Gasteiger charge is 2.15. The van der Waals surface area contributed by atoms with E-state index in [0.29, 0.717) is 19.5 Å². The number of nitrogens with one attached hydrogen (secondary N) is 3. The van der Waals surface area contributed by atoms with E-state index in [1.54, 1.807) is 0 Å². The molecule has 0 atom stereocenters. The van der Waals surface area contributed by atoms with Crippen molar-refractivity contribution >= 4 is 11.8 Å². The third-order valence-electron chi connectivity index (χ3n) is 2.56. The zero-order valence-electron chi connectivity index (χ0n) is 9.85. The summed E-state index contributed by atoms with van der Waals surface area (Å²) < 4.78 is 0. The first-order valence-electron chi connectivity index (χ1n) is 5.59. The maximum Gasteiger partial charge on any atom is 0.246 e. The number of amides is 2. The summed E-state index contributed by atoms with van der Waals surface area (Å²) in [5.41, 5.74) is 1.92. The number of rotatable bonds is 5. The van der Waals surface area contributed by atoms with Gasteiger partial charge in [-0.15, -0.1) is 0 Å². The lowest BCUT2D eigenvalue weighted by Gasteiger charge is -2.21. The van der Waals surface area contributed by atoms with Crippen LogP contribution in [0.25, 0.3) is 0 Å². The lowest BCUT2D eigenvalue weighted by molar-refractivity contribution is -0.121. The summed E-state index contributed by atoms with van der Waals surface area (Å²) in [5.74, 6) is -0.0979. The van der Waals surface area contributed by atoms with E-state index < -0.39 is 0 Å². The zero-order chi connectivity index (χ0) is 12.0. The third-order valence-corrected chi connectivity index (χ3v) is 2.56. The molecule has 1 saturated heterocycles. The highest BCUT2D eigenvalue weighted by Crippen LogP contribution is 2.08. The molecule has 0 bridgehead atoms. The molecule has 1 aliphatic rings. The van der Waals surface area contributed by atoms with Gasteiger partial charge >= 0.3 is 0 Å². The van der Waals surface area contributed by atoms with E-state index in [0.717, 1.165) is 24.2 Å². The molecule has 90 valence electrons. The largest absolute Gasteiger partial charge is 0.356 e. The molecular formula is C11H19N3O2. The Morgan fingerprint density at radius 2 is 2.00 bits per heavy atom. The van der Waals surface area contributed by atoms with Crippen LogP contribution in [0.3, 0.4) is 0 Å². The first-order valence-corrected chi connectivity index (χ1v) is 5.59. The van der Waals surface area contributed by atoms with Crippen molar-refractivity contribution in [2.24, 2.45) is 0 Å². The summed E-state index contributed by atoms with van der Waals surface area (Å²) in [6.07, 6.45) is 0.334. The van der Waals surface area contributed by atoms with Gasteiger partial charge in [0.2, 0.25) is 11.8 Å². The zero-order valence-corrected chi connectivity index (χ0v) is 9.85. The normalized spacial score (nSPS) is 14.0. The van der Waals surface area contributed by atoms with Crippen molar-refractivity contribution < 1.29 is 9.59 Å². The van der Waals surface area contributed by atoms with Crippen LogP contribution in [0.4, 0.5) is 0 Å². The van der Waals surface area contributed by atoms with E-state index in [2.05, 4.69) is 16.0 Å². The summed E-state index contributed by atoms with van der Waals surface area (Å²) in [7, 11) is 0. The van der Waals surface area contributed by atoms with Gasteiger partial charge < -0.3 is 16.0 Å². The van der Waals surface area contributed by atoms with Crippen molar-refractivity contribution in [2.75, 3.05) is 26.2 Å². The SMILES string of the molecule is CCNC(=O)CCNC(=O)C(C)=C1CNC1. The molecule has 0 saturated carbocycles. The maximum atomic E-state index is 11.6. The van der Waals surface area contributed by atoms with Crippen LogP contribution < -0.4 is 16.0 Å². The molecule has 16 heavy (non-hydrogen) atoms. The fraction of sp³-hybridized carbons (Fsp3) is 0.636. The van der Waals surface area contributed by atoms with Gasteiger partial charge in [-0.2, -0.15) is 0 Å². The molecule has 0 spiro atoms. The van der Waals surface area contributed by atoms with E-state index in [9.17, 15) is 9.59 Å². The minimum atomic E-state index is -0.0687. The van der Waals surface area contributed by atoms with Gasteiger partial charge in [0, 0.05) is 38.2 Å². The maximum absolute atomic E-state index is 11.6. The summed E-state index contributed by atoms with van der Waals surface area (Å²) in [6.45, 7) is 6.31. The van der Waals surface area contributed by atoms with Crippen LogP contribution in [0.5, 0.6) is 0 Å². The Balaban J connectivity index is 2.22. The third kappa shape index (κ3) is 3.66. The Morgan fingerprint density at radius 1 is 1.31 bits per heavy atom. The molecule has 0 aliphatic carbocycles. The fourth-order valence-corrected chi connectivity index (χ4v) is 1.38. The van der Waals surface area contributed by atoms with E-state index >= 15 is 0 Å². The Bertz CT molecular complexity index is 304. The molecule has 1 aliphatic heterocycles. The summed E-state index contributed by atoms with van der Waals surface area (Å²) >= 11 is 0. The summed E-state index contributed by atoms with van der Waals surface area (Å²) in [6, 6.07) is 0. The molecule has 1 rings (SSSR count). The highest BCUT2D eigenvalue weighted by atomic mass is 16.2. The highest BCUT2D eigenvalue weighted by molar-refractivity contribution is 5.94. The molecule has 3 N–H and O–H groups in total. The molecule has 0 aromatic heterocycles. The Hall–Kier alpha value is -1.36. The second kappa shape index (κ2) is 6.27. The standard InChI is InChI=1S/C11H19N3O2/c1-3-13-10(15)4-5-14-11(16)8(2)9-6-12-7-9/h12H,3-7H2,1-2H3,(H,13,15)(H,14,16). The second-order valence-electron chi connectivity index (χ2n) is 3.79. The van der Waals surface area contributed by atoms with Crippen LogP contribution in [0.15, 0.2) is 11.1 Å². The van der Waals surface area contributed by atoms with Crippen LogP contribution in [-0.4, -0.2) is 38.0 Å². The molecule has 1 fully saturated rings. The Morgan fingerprint density at radius 3 is 2.50 bits per heavy atom. The first-order chi connectivity index (χ1) is 7.65. The molecule has 0 unspecified atom stereocenters. The van der Waals surface area contributed by atoms with Crippen LogP contribution >= 0.6 is 0 Å². The number of hydrogen-bond donors (Lipinski definition) is 3. The first kappa shape index (κ1) is 12.7. The van der Waals surface area contributed by atoms with Crippen molar-refractivity contribution in [3.05, 3.63) is 11.1 Å². The monoisotopic (exact) mass is 225 g/mol. The fourth-order valence-electron chi connectivity index (χ4n) is 1.38. The number of hydrogen-bond acceptors (Lipinski definition) is 3. The van der Waals surface area contributed by atoms with Gasteiger partial charge in [-0.3, -0.25) is 9.59 Å². The summed E-state index contributed by atoms with van der Waals surface area (Å²) in [5, 5.41) is 8.50. The minimum Gasteiger partial charge on any atom is -0.356 e. The van der Waals surface area contributed by atoms with Gasteiger partial charge in [-0.25, -0.2) is 0 Å². The number of carbonyl (C=O) groups excluding carboxylic acids is 2. The lowest BCUT2D eigenvalue weighted by atomic mass is 10.0.